The van der Waals surface area contributed by atoms with Crippen LogP contribution in [0.1, 0.15) is 10.5 Å². The quantitative estimate of drug-likeness (QED) is 0.701. The van der Waals surface area contributed by atoms with E-state index in [0.717, 1.165) is 16.9 Å². The highest BCUT2D eigenvalue weighted by atomic mass is 19.1. The van der Waals surface area contributed by atoms with Gasteiger partial charge in [-0.25, -0.2) is 8.78 Å². The van der Waals surface area contributed by atoms with Crippen LogP contribution in [0.5, 0.6) is 0 Å². The number of aromatic nitrogens is 3. The van der Waals surface area contributed by atoms with Gasteiger partial charge in [0, 0.05) is 6.07 Å². The van der Waals surface area contributed by atoms with E-state index in [2.05, 4.69) is 10.2 Å². The summed E-state index contributed by atoms with van der Waals surface area (Å²) in [5.41, 5.74) is 0.0724. The largest absolute Gasteiger partial charge is 0.296 e. The van der Waals surface area contributed by atoms with Crippen LogP contribution in [0, 0.1) is 11.6 Å². The molecular weight excluding hydrogens is 204 g/mol. The summed E-state index contributed by atoms with van der Waals surface area (Å²) < 4.78 is 25.8. The van der Waals surface area contributed by atoms with E-state index in [0.29, 0.717) is 6.29 Å². The lowest BCUT2D eigenvalue weighted by atomic mass is 10.3. The maximum absolute atomic E-state index is 13.2. The van der Waals surface area contributed by atoms with Crippen molar-refractivity contribution in [1.82, 2.24) is 15.0 Å². The Labute approximate surface area is 83.1 Å². The summed E-state index contributed by atoms with van der Waals surface area (Å²) in [7, 11) is 0. The third-order valence-electron chi connectivity index (χ3n) is 1.76. The summed E-state index contributed by atoms with van der Waals surface area (Å²) in [6, 6.07) is 3.00. The minimum Gasteiger partial charge on any atom is -0.296 e. The van der Waals surface area contributed by atoms with Gasteiger partial charge in [0.2, 0.25) is 0 Å². The average Bonchev–Trinajstić information content (AvgIpc) is 2.66. The van der Waals surface area contributed by atoms with Crippen LogP contribution >= 0.6 is 0 Å². The minimum atomic E-state index is -0.789. The van der Waals surface area contributed by atoms with Crippen LogP contribution in [0.25, 0.3) is 5.69 Å². The van der Waals surface area contributed by atoms with Gasteiger partial charge in [0.15, 0.2) is 12.1 Å². The first kappa shape index (κ1) is 9.45. The van der Waals surface area contributed by atoms with Crippen molar-refractivity contribution in [3.05, 3.63) is 41.7 Å². The molecule has 15 heavy (non-hydrogen) atoms. The van der Waals surface area contributed by atoms with E-state index in [1.165, 1.54) is 12.3 Å². The number of carbonyl (C=O) groups is 1. The molecule has 2 aromatic rings. The van der Waals surface area contributed by atoms with Gasteiger partial charge in [-0.3, -0.25) is 4.79 Å². The lowest BCUT2D eigenvalue weighted by Gasteiger charge is -2.00. The van der Waals surface area contributed by atoms with Crippen molar-refractivity contribution in [3.8, 4) is 5.69 Å². The van der Waals surface area contributed by atoms with E-state index in [-0.39, 0.29) is 11.4 Å². The molecule has 0 saturated carbocycles. The number of nitrogens with zero attached hydrogens (tertiary/aromatic N) is 3. The second-order valence-electron chi connectivity index (χ2n) is 2.77. The average molecular weight is 209 g/mol. The SMILES string of the molecule is O=Cc1cnn(-c2ccc(F)cc2F)n1. The predicted molar refractivity (Wildman–Crippen MR) is 46.7 cm³/mol. The molecule has 0 N–H and O–H groups in total. The zero-order valence-corrected chi connectivity index (χ0v) is 7.39. The number of hydrogen-bond acceptors (Lipinski definition) is 3. The fourth-order valence-corrected chi connectivity index (χ4v) is 1.09. The van der Waals surface area contributed by atoms with Crippen molar-refractivity contribution in [1.29, 1.82) is 0 Å². The number of hydrogen-bond donors (Lipinski definition) is 0. The van der Waals surface area contributed by atoms with Crippen LogP contribution in [0.2, 0.25) is 0 Å². The van der Waals surface area contributed by atoms with Crippen LogP contribution in [-0.2, 0) is 0 Å². The van der Waals surface area contributed by atoms with E-state index in [9.17, 15) is 13.6 Å². The van der Waals surface area contributed by atoms with E-state index in [1.54, 1.807) is 0 Å². The predicted octanol–water partition coefficient (Wildman–Crippen LogP) is 1.36. The van der Waals surface area contributed by atoms with Gasteiger partial charge in [-0.1, -0.05) is 0 Å². The van der Waals surface area contributed by atoms with E-state index < -0.39 is 11.6 Å². The number of aldehydes is 1. The molecule has 76 valence electrons. The first-order chi connectivity index (χ1) is 7.20. The molecule has 0 radical (unpaired) electrons. The first-order valence-corrected chi connectivity index (χ1v) is 4.03. The standard InChI is InChI=1S/C9H5F2N3O/c10-6-1-2-9(8(11)3-6)14-12-4-7(5-15)13-14/h1-5H. The minimum absolute atomic E-state index is 0.00972. The Hall–Kier alpha value is -2.11. The molecule has 1 aromatic heterocycles. The Balaban J connectivity index is 2.49. The van der Waals surface area contributed by atoms with Gasteiger partial charge in [-0.15, -0.1) is 9.90 Å². The zero-order chi connectivity index (χ0) is 10.8. The summed E-state index contributed by atoms with van der Waals surface area (Å²) >= 11 is 0. The zero-order valence-electron chi connectivity index (χ0n) is 7.39. The van der Waals surface area contributed by atoms with Crippen molar-refractivity contribution in [2.24, 2.45) is 0 Å². The van der Waals surface area contributed by atoms with Crippen LogP contribution in [0.4, 0.5) is 8.78 Å². The molecule has 0 spiro atoms. The number of halogens is 2. The highest BCUT2D eigenvalue weighted by molar-refractivity contribution is 5.70. The highest BCUT2D eigenvalue weighted by Crippen LogP contribution is 2.12. The molecule has 0 unspecified atom stereocenters. The smallest absolute Gasteiger partial charge is 0.171 e. The van der Waals surface area contributed by atoms with Crippen molar-refractivity contribution >= 4 is 6.29 Å². The molecule has 0 atom stereocenters. The Morgan fingerprint density at radius 3 is 2.73 bits per heavy atom. The Kier molecular flexibility index (Phi) is 2.24. The topological polar surface area (TPSA) is 47.8 Å². The molecule has 0 saturated heterocycles. The number of rotatable bonds is 2. The Morgan fingerprint density at radius 1 is 1.33 bits per heavy atom. The van der Waals surface area contributed by atoms with Gasteiger partial charge >= 0.3 is 0 Å². The summed E-state index contributed by atoms with van der Waals surface area (Å²) in [6.07, 6.45) is 1.68. The lowest BCUT2D eigenvalue weighted by molar-refractivity contribution is 0.111. The number of benzene rings is 1. The molecule has 0 bridgehead atoms. The molecular formula is C9H5F2N3O. The van der Waals surface area contributed by atoms with Crippen molar-refractivity contribution in [3.63, 3.8) is 0 Å². The van der Waals surface area contributed by atoms with Crippen molar-refractivity contribution < 1.29 is 13.6 Å². The maximum Gasteiger partial charge on any atom is 0.171 e. The van der Waals surface area contributed by atoms with Gasteiger partial charge in [-0.05, 0) is 12.1 Å². The van der Waals surface area contributed by atoms with Crippen molar-refractivity contribution in [2.75, 3.05) is 0 Å². The molecule has 0 aliphatic rings. The molecule has 6 heteroatoms. The molecule has 0 amide bonds. The fraction of sp³-hybridized carbons (Fsp3) is 0. The molecule has 2 rings (SSSR count). The van der Waals surface area contributed by atoms with Crippen LogP contribution in [0.3, 0.4) is 0 Å². The molecule has 1 aromatic carbocycles. The van der Waals surface area contributed by atoms with Crippen molar-refractivity contribution in [2.45, 2.75) is 0 Å². The van der Waals surface area contributed by atoms with Gasteiger partial charge in [0.25, 0.3) is 0 Å². The van der Waals surface area contributed by atoms with Gasteiger partial charge < -0.3 is 0 Å². The maximum atomic E-state index is 13.2. The monoisotopic (exact) mass is 209 g/mol. The summed E-state index contributed by atoms with van der Waals surface area (Å²) in [6.45, 7) is 0. The van der Waals surface area contributed by atoms with E-state index >= 15 is 0 Å². The number of carbonyl (C=O) groups excluding carboxylic acids is 1. The molecule has 0 aliphatic carbocycles. The van der Waals surface area contributed by atoms with Crippen LogP contribution < -0.4 is 0 Å². The lowest BCUT2D eigenvalue weighted by Crippen LogP contribution is -2.02. The Morgan fingerprint density at radius 2 is 2.13 bits per heavy atom. The molecule has 0 aliphatic heterocycles. The Bertz CT molecular complexity index is 510. The summed E-state index contributed by atoms with van der Waals surface area (Å²) in [5.74, 6) is -1.47. The van der Waals surface area contributed by atoms with Crippen LogP contribution in [0.15, 0.2) is 24.4 Å². The molecule has 1 heterocycles. The van der Waals surface area contributed by atoms with E-state index in [1.807, 2.05) is 0 Å². The first-order valence-electron chi connectivity index (χ1n) is 4.03. The summed E-state index contributed by atoms with van der Waals surface area (Å²) in [5, 5.41) is 7.32. The molecule has 0 fully saturated rings. The third kappa shape index (κ3) is 1.74. The highest BCUT2D eigenvalue weighted by Gasteiger charge is 2.08. The normalized spacial score (nSPS) is 10.3. The van der Waals surface area contributed by atoms with E-state index in [4.69, 9.17) is 0 Å². The van der Waals surface area contributed by atoms with Gasteiger partial charge in [0.1, 0.15) is 17.2 Å². The van der Waals surface area contributed by atoms with Crippen LogP contribution in [-0.4, -0.2) is 21.3 Å². The second-order valence-corrected chi connectivity index (χ2v) is 2.77. The third-order valence-corrected chi connectivity index (χ3v) is 1.76. The second kappa shape index (κ2) is 3.56. The van der Waals surface area contributed by atoms with Gasteiger partial charge in [-0.2, -0.15) is 5.10 Å². The van der Waals surface area contributed by atoms with Gasteiger partial charge in [0.05, 0.1) is 6.20 Å². The fourth-order valence-electron chi connectivity index (χ4n) is 1.09. The molecule has 4 nitrogen and oxygen atoms in total. The summed E-state index contributed by atoms with van der Waals surface area (Å²) in [4.78, 5) is 11.2.